The number of carbonyl (C=O) groups is 2. The molecule has 1 aliphatic heterocycles. The number of aliphatic hydroxyl groups is 4. The molecule has 2 aliphatic rings. The molecule has 0 aromatic heterocycles. The molecule has 0 aromatic carbocycles. The van der Waals surface area contributed by atoms with E-state index < -0.39 is 55.4 Å². The first-order valence-electron chi connectivity index (χ1n) is 10.6. The molecule has 2 rings (SSSR count). The minimum absolute atomic E-state index is 0.0134. The molecule has 7 atom stereocenters. The molecule has 1 saturated carbocycles. The molecule has 4 N–H and O–H groups in total. The maximum absolute atomic E-state index is 13.1. The SMILES string of the molecule is CCCC(=O)N(C(=O)OC1CC(C)C(C)(C)C1(C)C)[C@H]1C(O)O[C@H](CO)[C@@H](O)[C@@H]1O. The van der Waals surface area contributed by atoms with Crippen LogP contribution in [-0.4, -0.2) is 80.7 Å². The number of aliphatic hydroxyl groups excluding tert-OH is 4. The fourth-order valence-corrected chi connectivity index (χ4v) is 4.42. The van der Waals surface area contributed by atoms with Crippen molar-refractivity contribution < 1.29 is 39.5 Å². The summed E-state index contributed by atoms with van der Waals surface area (Å²) in [7, 11) is 0. The molecule has 30 heavy (non-hydrogen) atoms. The van der Waals surface area contributed by atoms with E-state index in [1.807, 2.05) is 13.8 Å². The van der Waals surface area contributed by atoms with Crippen molar-refractivity contribution in [2.24, 2.45) is 16.7 Å². The van der Waals surface area contributed by atoms with Gasteiger partial charge in [-0.25, -0.2) is 9.69 Å². The minimum atomic E-state index is -1.78. The predicted octanol–water partition coefficient (Wildman–Crippen LogP) is 1.01. The van der Waals surface area contributed by atoms with Crippen molar-refractivity contribution in [2.75, 3.05) is 6.61 Å². The molecule has 9 nitrogen and oxygen atoms in total. The average Bonchev–Trinajstić information content (AvgIpc) is 2.80. The zero-order valence-corrected chi connectivity index (χ0v) is 18.7. The second-order valence-electron chi connectivity index (χ2n) is 9.69. The van der Waals surface area contributed by atoms with E-state index in [1.165, 1.54) is 0 Å². The van der Waals surface area contributed by atoms with Gasteiger partial charge in [0.25, 0.3) is 0 Å². The van der Waals surface area contributed by atoms with Crippen LogP contribution in [0.3, 0.4) is 0 Å². The maximum Gasteiger partial charge on any atom is 0.417 e. The Kier molecular flexibility index (Phi) is 7.57. The van der Waals surface area contributed by atoms with E-state index in [0.29, 0.717) is 17.7 Å². The van der Waals surface area contributed by atoms with Crippen molar-refractivity contribution in [1.82, 2.24) is 4.90 Å². The Morgan fingerprint density at radius 1 is 1.10 bits per heavy atom. The van der Waals surface area contributed by atoms with Crippen molar-refractivity contribution in [1.29, 1.82) is 0 Å². The molecule has 9 heteroatoms. The first kappa shape index (κ1) is 25.0. The standard InChI is InChI=1S/C21H37NO8/c1-7-8-14(24)22(15-17(26)16(25)12(10-23)29-18(15)27)19(28)30-13-9-11(2)20(3,4)21(13,5)6/h11-13,15-18,23,25-27H,7-10H2,1-6H3/t11?,12-,13?,15-,16-,17-,18?/m1/s1. The van der Waals surface area contributed by atoms with Gasteiger partial charge in [0.1, 0.15) is 30.5 Å². The smallest absolute Gasteiger partial charge is 0.417 e. The molecule has 1 heterocycles. The summed E-state index contributed by atoms with van der Waals surface area (Å²) in [4.78, 5) is 26.6. The number of carbonyl (C=O) groups excluding carboxylic acids is 2. The van der Waals surface area contributed by atoms with Gasteiger partial charge in [0.2, 0.25) is 5.91 Å². The van der Waals surface area contributed by atoms with Crippen LogP contribution in [0.2, 0.25) is 0 Å². The average molecular weight is 432 g/mol. The summed E-state index contributed by atoms with van der Waals surface area (Å²) in [6.07, 6.45) is -6.73. The van der Waals surface area contributed by atoms with Crippen LogP contribution in [0.25, 0.3) is 0 Å². The maximum atomic E-state index is 13.1. The topological polar surface area (TPSA) is 137 Å². The molecule has 0 radical (unpaired) electrons. The second-order valence-corrected chi connectivity index (χ2v) is 9.69. The molecule has 3 unspecified atom stereocenters. The van der Waals surface area contributed by atoms with Crippen LogP contribution < -0.4 is 0 Å². The fourth-order valence-electron chi connectivity index (χ4n) is 4.42. The third-order valence-corrected chi connectivity index (χ3v) is 7.60. The lowest BCUT2D eigenvalue weighted by Crippen LogP contribution is -2.66. The summed E-state index contributed by atoms with van der Waals surface area (Å²) < 4.78 is 10.9. The molecule has 2 fully saturated rings. The third-order valence-electron chi connectivity index (χ3n) is 7.60. The van der Waals surface area contributed by atoms with E-state index in [1.54, 1.807) is 6.92 Å². The monoisotopic (exact) mass is 431 g/mol. The van der Waals surface area contributed by atoms with Crippen molar-refractivity contribution in [3.8, 4) is 0 Å². The first-order valence-corrected chi connectivity index (χ1v) is 10.6. The molecule has 0 bridgehead atoms. The Balaban J connectivity index is 2.31. The quantitative estimate of drug-likeness (QED) is 0.506. The molecule has 0 aromatic rings. The zero-order chi connectivity index (χ0) is 23.0. The Morgan fingerprint density at radius 3 is 2.17 bits per heavy atom. The van der Waals surface area contributed by atoms with Crippen LogP contribution in [0.5, 0.6) is 0 Å². The van der Waals surface area contributed by atoms with Gasteiger partial charge in [0, 0.05) is 11.8 Å². The van der Waals surface area contributed by atoms with Crippen LogP contribution in [0.1, 0.15) is 60.8 Å². The Labute approximate surface area is 178 Å². The number of hydrogen-bond donors (Lipinski definition) is 4. The fraction of sp³-hybridized carbons (Fsp3) is 0.905. The van der Waals surface area contributed by atoms with Gasteiger partial charge in [-0.3, -0.25) is 4.79 Å². The Hall–Kier alpha value is -1.26. The molecule has 2 amide bonds. The highest BCUT2D eigenvalue weighted by Gasteiger charge is 2.56. The van der Waals surface area contributed by atoms with Gasteiger partial charge in [-0.05, 0) is 24.2 Å². The van der Waals surface area contributed by atoms with E-state index in [-0.39, 0.29) is 23.2 Å². The molecular formula is C21H37NO8. The van der Waals surface area contributed by atoms with Crippen LogP contribution >= 0.6 is 0 Å². The second kappa shape index (κ2) is 9.08. The molecule has 1 aliphatic carbocycles. The number of hydrogen-bond acceptors (Lipinski definition) is 8. The van der Waals surface area contributed by atoms with Gasteiger partial charge in [-0.1, -0.05) is 41.5 Å². The van der Waals surface area contributed by atoms with Crippen LogP contribution in [0.15, 0.2) is 0 Å². The van der Waals surface area contributed by atoms with Gasteiger partial charge in [0.15, 0.2) is 6.29 Å². The summed E-state index contributed by atoms with van der Waals surface area (Å²) in [5.41, 5.74) is -0.489. The number of rotatable bonds is 5. The van der Waals surface area contributed by atoms with Gasteiger partial charge >= 0.3 is 6.09 Å². The lowest BCUT2D eigenvalue weighted by Gasteiger charge is -2.44. The number of ether oxygens (including phenoxy) is 2. The van der Waals surface area contributed by atoms with E-state index in [0.717, 1.165) is 0 Å². The van der Waals surface area contributed by atoms with E-state index in [9.17, 15) is 30.0 Å². The van der Waals surface area contributed by atoms with Crippen LogP contribution in [0.4, 0.5) is 4.79 Å². The highest BCUT2D eigenvalue weighted by atomic mass is 16.6. The van der Waals surface area contributed by atoms with Crippen molar-refractivity contribution in [2.45, 2.75) is 97.6 Å². The summed E-state index contributed by atoms with van der Waals surface area (Å²) in [5, 5.41) is 40.4. The Morgan fingerprint density at radius 2 is 1.70 bits per heavy atom. The molecule has 1 saturated heterocycles. The van der Waals surface area contributed by atoms with E-state index in [2.05, 4.69) is 20.8 Å². The van der Waals surface area contributed by atoms with Gasteiger partial charge < -0.3 is 29.9 Å². The van der Waals surface area contributed by atoms with Gasteiger partial charge in [-0.2, -0.15) is 0 Å². The summed E-state index contributed by atoms with van der Waals surface area (Å²) >= 11 is 0. The molecular weight excluding hydrogens is 394 g/mol. The zero-order valence-electron chi connectivity index (χ0n) is 18.7. The van der Waals surface area contributed by atoms with Crippen LogP contribution in [0, 0.1) is 16.7 Å². The van der Waals surface area contributed by atoms with E-state index >= 15 is 0 Å². The third kappa shape index (κ3) is 4.23. The normalized spacial score (nSPS) is 37.6. The summed E-state index contributed by atoms with van der Waals surface area (Å²) in [6.45, 7) is 11.4. The van der Waals surface area contributed by atoms with Crippen molar-refractivity contribution in [3.05, 3.63) is 0 Å². The van der Waals surface area contributed by atoms with Crippen molar-refractivity contribution in [3.63, 3.8) is 0 Å². The highest BCUT2D eigenvalue weighted by molar-refractivity contribution is 5.92. The van der Waals surface area contributed by atoms with Gasteiger partial charge in [0.05, 0.1) is 6.61 Å². The summed E-state index contributed by atoms with van der Waals surface area (Å²) in [5.74, 6) is -0.376. The lowest BCUT2D eigenvalue weighted by atomic mass is 9.67. The number of nitrogens with zero attached hydrogens (tertiary/aromatic N) is 1. The molecule has 174 valence electrons. The van der Waals surface area contributed by atoms with E-state index in [4.69, 9.17) is 9.47 Å². The van der Waals surface area contributed by atoms with Crippen LogP contribution in [-0.2, 0) is 14.3 Å². The minimum Gasteiger partial charge on any atom is -0.445 e. The van der Waals surface area contributed by atoms with Gasteiger partial charge in [-0.15, -0.1) is 0 Å². The largest absolute Gasteiger partial charge is 0.445 e. The first-order chi connectivity index (χ1) is 13.8. The lowest BCUT2D eigenvalue weighted by molar-refractivity contribution is -0.267. The number of amides is 2. The molecule has 0 spiro atoms. The predicted molar refractivity (Wildman–Crippen MR) is 107 cm³/mol. The number of imide groups is 1. The Bertz CT molecular complexity index is 636. The summed E-state index contributed by atoms with van der Waals surface area (Å²) in [6, 6.07) is -1.55. The van der Waals surface area contributed by atoms with Crippen molar-refractivity contribution >= 4 is 12.0 Å². The highest BCUT2D eigenvalue weighted by Crippen LogP contribution is 2.56.